The van der Waals surface area contributed by atoms with Crippen LogP contribution in [0.5, 0.6) is 11.6 Å². The summed E-state index contributed by atoms with van der Waals surface area (Å²) in [6, 6.07) is 5.55. The lowest BCUT2D eigenvalue weighted by Gasteiger charge is -2.21. The number of Topliss-reactive ketones (excluding diaryl/α,β-unsaturated/α-hetero) is 1. The molecule has 2 heterocycles. The SMILES string of the molecule is CCOc1nn2c(=N)n(CC(=O)c3cc(OCCCO)cc(C(C)(C)C)c3)nc2c2c1CCCC2. The van der Waals surface area contributed by atoms with Crippen LogP contribution in [0.25, 0.3) is 5.65 Å². The van der Waals surface area contributed by atoms with Crippen molar-refractivity contribution in [3.8, 4) is 11.6 Å². The highest BCUT2D eigenvalue weighted by atomic mass is 16.5. The maximum Gasteiger partial charge on any atom is 0.242 e. The molecule has 35 heavy (non-hydrogen) atoms. The Labute approximate surface area is 205 Å². The van der Waals surface area contributed by atoms with E-state index in [1.165, 1.54) is 9.20 Å². The van der Waals surface area contributed by atoms with E-state index < -0.39 is 0 Å². The lowest BCUT2D eigenvalue weighted by atomic mass is 9.85. The summed E-state index contributed by atoms with van der Waals surface area (Å²) in [4.78, 5) is 13.4. The Kier molecular flexibility index (Phi) is 7.25. The van der Waals surface area contributed by atoms with Gasteiger partial charge in [-0.15, -0.1) is 10.2 Å². The van der Waals surface area contributed by atoms with Crippen molar-refractivity contribution in [2.24, 2.45) is 0 Å². The Morgan fingerprint density at radius 3 is 2.54 bits per heavy atom. The van der Waals surface area contributed by atoms with Crippen LogP contribution in [0.2, 0.25) is 0 Å². The van der Waals surface area contributed by atoms with Crippen LogP contribution >= 0.6 is 0 Å². The largest absolute Gasteiger partial charge is 0.493 e. The van der Waals surface area contributed by atoms with Gasteiger partial charge in [-0.1, -0.05) is 20.8 Å². The predicted molar refractivity (Wildman–Crippen MR) is 131 cm³/mol. The quantitative estimate of drug-likeness (QED) is 0.358. The summed E-state index contributed by atoms with van der Waals surface area (Å²) < 4.78 is 14.5. The van der Waals surface area contributed by atoms with Crippen LogP contribution in [0, 0.1) is 5.41 Å². The van der Waals surface area contributed by atoms with Crippen molar-refractivity contribution in [1.82, 2.24) is 19.4 Å². The number of aliphatic hydroxyl groups excluding tert-OH is 1. The molecule has 2 aromatic heterocycles. The molecule has 0 saturated carbocycles. The molecule has 9 nitrogen and oxygen atoms in total. The van der Waals surface area contributed by atoms with Crippen molar-refractivity contribution < 1.29 is 19.4 Å². The average molecular weight is 482 g/mol. The highest BCUT2D eigenvalue weighted by Crippen LogP contribution is 2.30. The number of aromatic nitrogens is 4. The van der Waals surface area contributed by atoms with Crippen molar-refractivity contribution in [2.45, 2.75) is 71.8 Å². The van der Waals surface area contributed by atoms with Gasteiger partial charge < -0.3 is 14.6 Å². The van der Waals surface area contributed by atoms with Crippen molar-refractivity contribution >= 4 is 11.4 Å². The van der Waals surface area contributed by atoms with Gasteiger partial charge in [-0.3, -0.25) is 10.2 Å². The molecule has 0 bridgehead atoms. The third kappa shape index (κ3) is 5.24. The smallest absolute Gasteiger partial charge is 0.242 e. The molecule has 0 atom stereocenters. The molecule has 1 aliphatic carbocycles. The summed E-state index contributed by atoms with van der Waals surface area (Å²) in [5.74, 6) is 0.989. The molecule has 3 aromatic rings. The number of hydrogen-bond donors (Lipinski definition) is 2. The van der Waals surface area contributed by atoms with Crippen LogP contribution in [0.3, 0.4) is 0 Å². The van der Waals surface area contributed by atoms with Gasteiger partial charge in [-0.25, -0.2) is 4.68 Å². The number of carbonyl (C=O) groups excluding carboxylic acids is 1. The van der Waals surface area contributed by atoms with Gasteiger partial charge in [0.15, 0.2) is 11.4 Å². The monoisotopic (exact) mass is 481 g/mol. The summed E-state index contributed by atoms with van der Waals surface area (Å²) in [7, 11) is 0. The van der Waals surface area contributed by atoms with Crippen LogP contribution in [-0.2, 0) is 24.8 Å². The van der Waals surface area contributed by atoms with Gasteiger partial charge in [-0.05, 0) is 61.8 Å². The van der Waals surface area contributed by atoms with Gasteiger partial charge in [0, 0.05) is 29.7 Å². The van der Waals surface area contributed by atoms with Crippen LogP contribution in [0.4, 0.5) is 0 Å². The maximum atomic E-state index is 13.4. The zero-order chi connectivity index (χ0) is 25.2. The normalized spacial score (nSPS) is 13.6. The first-order chi connectivity index (χ1) is 16.7. The number of rotatable bonds is 9. The maximum absolute atomic E-state index is 13.4. The number of ether oxygens (including phenoxy) is 2. The Morgan fingerprint density at radius 1 is 1.11 bits per heavy atom. The lowest BCUT2D eigenvalue weighted by Crippen LogP contribution is -2.27. The van der Waals surface area contributed by atoms with E-state index >= 15 is 0 Å². The fraction of sp³-hybridized carbons (Fsp3) is 0.538. The number of nitrogens with zero attached hydrogens (tertiary/aromatic N) is 4. The molecule has 0 radical (unpaired) electrons. The molecule has 0 saturated heterocycles. The second-order valence-corrected chi connectivity index (χ2v) is 9.96. The molecule has 0 amide bonds. The molecule has 0 unspecified atom stereocenters. The summed E-state index contributed by atoms with van der Waals surface area (Å²) in [6.45, 7) is 9.00. The third-order valence-electron chi connectivity index (χ3n) is 6.29. The van der Waals surface area contributed by atoms with Gasteiger partial charge in [0.05, 0.1) is 13.2 Å². The highest BCUT2D eigenvalue weighted by molar-refractivity contribution is 5.96. The van der Waals surface area contributed by atoms with E-state index in [4.69, 9.17) is 20.0 Å². The van der Waals surface area contributed by atoms with Crippen LogP contribution in [-0.4, -0.2) is 50.1 Å². The standard InChI is InChI=1S/C26H35N5O4/c1-5-34-24-21-10-7-6-9-20(21)23-28-30(25(27)31(23)29-24)16-22(33)17-13-18(26(2,3)4)15-19(14-17)35-12-8-11-32/h13-15,27,32H,5-12,16H2,1-4H3. The first kappa shape index (κ1) is 24.9. The van der Waals surface area contributed by atoms with Crippen molar-refractivity contribution in [3.05, 3.63) is 46.1 Å². The average Bonchev–Trinajstić information content (AvgIpc) is 3.14. The minimum Gasteiger partial charge on any atom is -0.493 e. The lowest BCUT2D eigenvalue weighted by molar-refractivity contribution is 0.0964. The Morgan fingerprint density at radius 2 is 1.86 bits per heavy atom. The fourth-order valence-corrected chi connectivity index (χ4v) is 4.36. The molecular formula is C26H35N5O4. The van der Waals surface area contributed by atoms with E-state index in [2.05, 4.69) is 31.0 Å². The molecule has 9 heteroatoms. The van der Waals surface area contributed by atoms with E-state index in [9.17, 15) is 4.79 Å². The molecule has 0 fully saturated rings. The van der Waals surface area contributed by atoms with E-state index in [1.807, 2.05) is 19.1 Å². The predicted octanol–water partition coefficient (Wildman–Crippen LogP) is 3.23. The molecule has 4 rings (SSSR count). The third-order valence-corrected chi connectivity index (χ3v) is 6.29. The number of hydrogen-bond acceptors (Lipinski definition) is 7. The molecule has 2 N–H and O–H groups in total. The molecule has 1 aromatic carbocycles. The number of benzene rings is 1. The molecule has 0 aliphatic heterocycles. The first-order valence-corrected chi connectivity index (χ1v) is 12.3. The van der Waals surface area contributed by atoms with E-state index in [0.29, 0.717) is 42.5 Å². The van der Waals surface area contributed by atoms with Gasteiger partial charge in [0.1, 0.15) is 12.3 Å². The minimum atomic E-state index is -0.180. The van der Waals surface area contributed by atoms with Crippen molar-refractivity contribution in [3.63, 3.8) is 0 Å². The van der Waals surface area contributed by atoms with E-state index in [-0.39, 0.29) is 30.0 Å². The number of fused-ring (bicyclic) bond motifs is 3. The van der Waals surface area contributed by atoms with E-state index in [0.717, 1.165) is 42.4 Å². The number of aliphatic hydroxyl groups is 1. The first-order valence-electron chi connectivity index (χ1n) is 12.3. The summed E-state index contributed by atoms with van der Waals surface area (Å²) in [5.41, 5.74) is 4.09. The molecule has 0 spiro atoms. The topological polar surface area (TPSA) is 115 Å². The van der Waals surface area contributed by atoms with Crippen LogP contribution < -0.4 is 15.1 Å². The number of nitrogens with one attached hydrogen (secondary N) is 1. The number of carbonyl (C=O) groups is 1. The van der Waals surface area contributed by atoms with Gasteiger partial charge in [0.25, 0.3) is 0 Å². The summed E-state index contributed by atoms with van der Waals surface area (Å²) in [5, 5.41) is 26.9. The van der Waals surface area contributed by atoms with Crippen molar-refractivity contribution in [1.29, 1.82) is 5.41 Å². The van der Waals surface area contributed by atoms with Crippen molar-refractivity contribution in [2.75, 3.05) is 19.8 Å². The van der Waals surface area contributed by atoms with Gasteiger partial charge >= 0.3 is 0 Å². The van der Waals surface area contributed by atoms with Crippen LogP contribution in [0.1, 0.15) is 74.0 Å². The Bertz CT molecular complexity index is 1290. The highest BCUT2D eigenvalue weighted by Gasteiger charge is 2.24. The number of ketones is 1. The molecular weight excluding hydrogens is 446 g/mol. The minimum absolute atomic E-state index is 0.0362. The van der Waals surface area contributed by atoms with Gasteiger partial charge in [-0.2, -0.15) is 4.52 Å². The van der Waals surface area contributed by atoms with Gasteiger partial charge in [0.2, 0.25) is 11.5 Å². The Hall–Kier alpha value is -3.20. The zero-order valence-corrected chi connectivity index (χ0v) is 21.1. The molecule has 188 valence electrons. The Balaban J connectivity index is 1.70. The summed E-state index contributed by atoms with van der Waals surface area (Å²) >= 11 is 0. The van der Waals surface area contributed by atoms with E-state index in [1.54, 1.807) is 6.07 Å². The second kappa shape index (κ2) is 10.2. The zero-order valence-electron chi connectivity index (χ0n) is 21.1. The van der Waals surface area contributed by atoms with Crippen LogP contribution in [0.15, 0.2) is 18.2 Å². The summed E-state index contributed by atoms with van der Waals surface area (Å²) in [6.07, 6.45) is 4.38. The number of aryl methyl sites for hydroxylation is 1. The molecule has 1 aliphatic rings. The fourth-order valence-electron chi connectivity index (χ4n) is 4.36. The second-order valence-electron chi connectivity index (χ2n) is 9.96.